The maximum absolute atomic E-state index is 12.6. The maximum atomic E-state index is 12.6. The van der Waals surface area contributed by atoms with Gasteiger partial charge in [-0.15, -0.1) is 0 Å². The van der Waals surface area contributed by atoms with Crippen molar-refractivity contribution in [3.8, 4) is 0 Å². The second-order valence-corrected chi connectivity index (χ2v) is 7.29. The van der Waals surface area contributed by atoms with Gasteiger partial charge in [-0.25, -0.2) is 0 Å². The van der Waals surface area contributed by atoms with Gasteiger partial charge in [0.25, 0.3) is 0 Å². The standard InChI is InChI=1S/C18H24ClNO3/c19-15-5-3-14(4-6-15)18(9-11-23-12-10-18)20-16(21)13-17(22)7-1-2-8-17/h3-6,22H,1-2,7-13H2,(H,20,21). The molecule has 0 bridgehead atoms. The molecule has 1 saturated carbocycles. The van der Waals surface area contributed by atoms with Gasteiger partial charge in [0.2, 0.25) is 5.91 Å². The van der Waals surface area contributed by atoms with Crippen molar-refractivity contribution in [2.75, 3.05) is 13.2 Å². The Balaban J connectivity index is 1.76. The Hall–Kier alpha value is -1.10. The Labute approximate surface area is 142 Å². The van der Waals surface area contributed by atoms with Crippen molar-refractivity contribution >= 4 is 17.5 Å². The summed E-state index contributed by atoms with van der Waals surface area (Å²) in [5, 5.41) is 14.4. The highest BCUT2D eigenvalue weighted by molar-refractivity contribution is 6.30. The molecule has 0 spiro atoms. The van der Waals surface area contributed by atoms with Crippen LogP contribution in [0, 0.1) is 0 Å². The van der Waals surface area contributed by atoms with Gasteiger partial charge in [-0.2, -0.15) is 0 Å². The lowest BCUT2D eigenvalue weighted by atomic mass is 9.82. The van der Waals surface area contributed by atoms with Crippen molar-refractivity contribution in [3.63, 3.8) is 0 Å². The fraction of sp³-hybridized carbons (Fsp3) is 0.611. The third kappa shape index (κ3) is 3.87. The van der Waals surface area contributed by atoms with Gasteiger partial charge in [0.1, 0.15) is 0 Å². The second kappa shape index (κ2) is 6.80. The summed E-state index contributed by atoms with van der Waals surface area (Å²) < 4.78 is 5.48. The van der Waals surface area contributed by atoms with Crippen LogP contribution in [0.4, 0.5) is 0 Å². The summed E-state index contributed by atoms with van der Waals surface area (Å²) in [6.07, 6.45) is 5.09. The van der Waals surface area contributed by atoms with Crippen LogP contribution >= 0.6 is 11.6 Å². The molecule has 4 nitrogen and oxygen atoms in total. The van der Waals surface area contributed by atoms with Crippen LogP contribution in [0.1, 0.15) is 50.5 Å². The van der Waals surface area contributed by atoms with Crippen LogP contribution in [0.5, 0.6) is 0 Å². The fourth-order valence-electron chi connectivity index (χ4n) is 3.79. The molecule has 1 amide bonds. The molecular formula is C18H24ClNO3. The summed E-state index contributed by atoms with van der Waals surface area (Å²) in [4.78, 5) is 12.6. The van der Waals surface area contributed by atoms with Gasteiger partial charge >= 0.3 is 0 Å². The van der Waals surface area contributed by atoms with Crippen LogP contribution in [0.3, 0.4) is 0 Å². The van der Waals surface area contributed by atoms with E-state index >= 15 is 0 Å². The largest absolute Gasteiger partial charge is 0.389 e. The predicted octanol–water partition coefficient (Wildman–Crippen LogP) is 3.16. The highest BCUT2D eigenvalue weighted by Gasteiger charge is 2.39. The normalized spacial score (nSPS) is 22.7. The molecule has 1 saturated heterocycles. The number of benzene rings is 1. The molecule has 0 unspecified atom stereocenters. The molecule has 1 aliphatic heterocycles. The molecule has 23 heavy (non-hydrogen) atoms. The lowest BCUT2D eigenvalue weighted by Gasteiger charge is -2.39. The number of carbonyl (C=O) groups is 1. The molecule has 1 aromatic carbocycles. The highest BCUT2D eigenvalue weighted by Crippen LogP contribution is 2.35. The number of halogens is 1. The Kier molecular flexibility index (Phi) is 4.95. The quantitative estimate of drug-likeness (QED) is 0.887. The molecule has 0 radical (unpaired) electrons. The molecule has 2 aliphatic rings. The molecule has 0 atom stereocenters. The van der Waals surface area contributed by atoms with Crippen molar-refractivity contribution in [2.24, 2.45) is 0 Å². The van der Waals surface area contributed by atoms with Crippen LogP contribution in [-0.4, -0.2) is 29.8 Å². The van der Waals surface area contributed by atoms with Crippen molar-refractivity contribution < 1.29 is 14.6 Å². The van der Waals surface area contributed by atoms with Gasteiger partial charge in [-0.3, -0.25) is 4.79 Å². The number of hydrogen-bond donors (Lipinski definition) is 2. The number of amides is 1. The van der Waals surface area contributed by atoms with E-state index in [1.54, 1.807) is 0 Å². The minimum Gasteiger partial charge on any atom is -0.389 e. The van der Waals surface area contributed by atoms with Gasteiger partial charge in [-0.05, 0) is 43.4 Å². The zero-order chi connectivity index (χ0) is 16.3. The monoisotopic (exact) mass is 337 g/mol. The maximum Gasteiger partial charge on any atom is 0.223 e. The van der Waals surface area contributed by atoms with E-state index in [1.807, 2.05) is 24.3 Å². The molecule has 2 fully saturated rings. The van der Waals surface area contributed by atoms with Gasteiger partial charge < -0.3 is 15.2 Å². The zero-order valence-corrected chi connectivity index (χ0v) is 14.1. The number of hydrogen-bond acceptors (Lipinski definition) is 3. The average molecular weight is 338 g/mol. The van der Waals surface area contributed by atoms with Gasteiger partial charge in [0.15, 0.2) is 0 Å². The van der Waals surface area contributed by atoms with Crippen molar-refractivity contribution in [1.82, 2.24) is 5.32 Å². The Morgan fingerprint density at radius 3 is 2.35 bits per heavy atom. The van der Waals surface area contributed by atoms with E-state index < -0.39 is 11.1 Å². The molecule has 1 heterocycles. The van der Waals surface area contributed by atoms with Gasteiger partial charge in [-0.1, -0.05) is 36.6 Å². The van der Waals surface area contributed by atoms with Gasteiger partial charge in [0, 0.05) is 18.2 Å². The van der Waals surface area contributed by atoms with Crippen LogP contribution < -0.4 is 5.32 Å². The number of rotatable bonds is 4. The minimum atomic E-state index is -0.823. The summed E-state index contributed by atoms with van der Waals surface area (Å²) in [5.41, 5.74) is -0.192. The van der Waals surface area contributed by atoms with Gasteiger partial charge in [0.05, 0.1) is 17.6 Å². The van der Waals surface area contributed by atoms with E-state index in [0.717, 1.165) is 44.1 Å². The summed E-state index contributed by atoms with van der Waals surface area (Å²) in [7, 11) is 0. The van der Waals surface area contributed by atoms with E-state index in [9.17, 15) is 9.90 Å². The van der Waals surface area contributed by atoms with E-state index in [2.05, 4.69) is 5.32 Å². The predicted molar refractivity (Wildman–Crippen MR) is 89.4 cm³/mol. The van der Waals surface area contributed by atoms with E-state index in [1.165, 1.54) is 0 Å². The summed E-state index contributed by atoms with van der Waals surface area (Å²) >= 11 is 5.99. The molecule has 2 N–H and O–H groups in total. The number of nitrogens with one attached hydrogen (secondary N) is 1. The van der Waals surface area contributed by atoms with Crippen molar-refractivity contribution in [2.45, 2.75) is 56.1 Å². The average Bonchev–Trinajstić information content (AvgIpc) is 2.94. The topological polar surface area (TPSA) is 58.6 Å². The molecule has 1 aromatic rings. The first-order valence-electron chi connectivity index (χ1n) is 8.39. The van der Waals surface area contributed by atoms with Crippen LogP contribution in [0.15, 0.2) is 24.3 Å². The first kappa shape index (κ1) is 16.7. The van der Waals surface area contributed by atoms with Crippen LogP contribution in [-0.2, 0) is 15.1 Å². The van der Waals surface area contributed by atoms with E-state index in [4.69, 9.17) is 16.3 Å². The Morgan fingerprint density at radius 2 is 1.74 bits per heavy atom. The Morgan fingerprint density at radius 1 is 1.13 bits per heavy atom. The number of carbonyl (C=O) groups excluding carboxylic acids is 1. The number of ether oxygens (including phenoxy) is 1. The molecule has 0 aromatic heterocycles. The lowest BCUT2D eigenvalue weighted by Crippen LogP contribution is -2.51. The first-order chi connectivity index (χ1) is 11.0. The third-order valence-corrected chi connectivity index (χ3v) is 5.40. The molecule has 5 heteroatoms. The highest BCUT2D eigenvalue weighted by atomic mass is 35.5. The number of aliphatic hydroxyl groups is 1. The minimum absolute atomic E-state index is 0.0775. The van der Waals surface area contributed by atoms with Crippen molar-refractivity contribution in [3.05, 3.63) is 34.9 Å². The first-order valence-corrected chi connectivity index (χ1v) is 8.76. The van der Waals surface area contributed by atoms with Crippen LogP contribution in [0.25, 0.3) is 0 Å². The molecule has 1 aliphatic carbocycles. The van der Waals surface area contributed by atoms with E-state index in [-0.39, 0.29) is 12.3 Å². The van der Waals surface area contributed by atoms with E-state index in [0.29, 0.717) is 18.2 Å². The summed E-state index contributed by atoms with van der Waals surface area (Å²) in [6.45, 7) is 1.24. The summed E-state index contributed by atoms with van der Waals surface area (Å²) in [5.74, 6) is -0.0775. The van der Waals surface area contributed by atoms with Crippen molar-refractivity contribution in [1.29, 1.82) is 0 Å². The fourth-order valence-corrected chi connectivity index (χ4v) is 3.92. The lowest BCUT2D eigenvalue weighted by molar-refractivity contribution is -0.129. The van der Waals surface area contributed by atoms with Crippen LogP contribution in [0.2, 0.25) is 5.02 Å². The molecule has 126 valence electrons. The second-order valence-electron chi connectivity index (χ2n) is 6.86. The Bertz CT molecular complexity index is 546. The zero-order valence-electron chi connectivity index (χ0n) is 13.3. The summed E-state index contributed by atoms with van der Waals surface area (Å²) in [6, 6.07) is 7.64. The molecule has 3 rings (SSSR count). The smallest absolute Gasteiger partial charge is 0.223 e. The molecular weight excluding hydrogens is 314 g/mol. The SMILES string of the molecule is O=C(CC1(O)CCCC1)NC1(c2ccc(Cl)cc2)CCOCC1. The third-order valence-electron chi connectivity index (χ3n) is 5.15.